The molecule has 0 aromatic heterocycles. The van der Waals surface area contributed by atoms with Crippen LogP contribution < -0.4 is 0 Å². The molecule has 1 saturated heterocycles. The minimum atomic E-state index is 0.554. The van der Waals surface area contributed by atoms with Gasteiger partial charge in [0.05, 0.1) is 12.7 Å². The van der Waals surface area contributed by atoms with Gasteiger partial charge >= 0.3 is 0 Å². The van der Waals surface area contributed by atoms with Crippen molar-refractivity contribution in [2.75, 3.05) is 25.0 Å². The molecule has 1 heterocycles. The Bertz CT molecular complexity index is 151. The van der Waals surface area contributed by atoms with Gasteiger partial charge in [0, 0.05) is 24.5 Å². The van der Waals surface area contributed by atoms with Crippen LogP contribution >= 0.6 is 15.9 Å². The van der Waals surface area contributed by atoms with Crippen LogP contribution in [0, 0.1) is 0 Å². The summed E-state index contributed by atoms with van der Waals surface area (Å²) in [6, 6.07) is 0.733. The molecule has 2 rings (SSSR count). The number of nitrogens with zero attached hydrogens (tertiary/aromatic N) is 1. The fourth-order valence-electron chi connectivity index (χ4n) is 2.39. The molecule has 2 nitrogen and oxygen atoms in total. The Labute approximate surface area is 82.4 Å². The van der Waals surface area contributed by atoms with Gasteiger partial charge in [-0.1, -0.05) is 15.9 Å². The summed E-state index contributed by atoms with van der Waals surface area (Å²) in [4.78, 5) is 2.58. The third kappa shape index (κ3) is 1.68. The number of halogens is 1. The van der Waals surface area contributed by atoms with E-state index >= 15 is 0 Å². The molecule has 12 heavy (non-hydrogen) atoms. The minimum absolute atomic E-state index is 0.554. The standard InChI is InChI=1S/C9H16BrNO/c10-4-5-11-6-7-12-9-3-1-2-8(9)11/h8-9H,1-7H2. The molecule has 70 valence electrons. The largest absolute Gasteiger partial charge is 0.375 e. The molecule has 3 heteroatoms. The third-order valence-corrected chi connectivity index (χ3v) is 3.32. The van der Waals surface area contributed by atoms with Crippen molar-refractivity contribution >= 4 is 15.9 Å². The molecule has 0 aromatic carbocycles. The molecule has 0 amide bonds. The second-order valence-electron chi connectivity index (χ2n) is 3.63. The number of fused-ring (bicyclic) bond motifs is 1. The normalized spacial score (nSPS) is 36.8. The highest BCUT2D eigenvalue weighted by Gasteiger charge is 2.35. The summed E-state index contributed by atoms with van der Waals surface area (Å²) in [7, 11) is 0. The quantitative estimate of drug-likeness (QED) is 0.673. The van der Waals surface area contributed by atoms with E-state index in [2.05, 4.69) is 20.8 Å². The van der Waals surface area contributed by atoms with Crippen molar-refractivity contribution in [3.63, 3.8) is 0 Å². The summed E-state index contributed by atoms with van der Waals surface area (Å²) in [6.07, 6.45) is 4.53. The Morgan fingerprint density at radius 2 is 2.33 bits per heavy atom. The van der Waals surface area contributed by atoms with E-state index in [0.29, 0.717) is 6.10 Å². The monoisotopic (exact) mass is 233 g/mol. The maximum absolute atomic E-state index is 5.72. The molecule has 0 spiro atoms. The van der Waals surface area contributed by atoms with Gasteiger partial charge in [0.25, 0.3) is 0 Å². The first-order chi connectivity index (χ1) is 5.92. The topological polar surface area (TPSA) is 12.5 Å². The summed E-state index contributed by atoms with van der Waals surface area (Å²) in [6.45, 7) is 3.26. The van der Waals surface area contributed by atoms with Crippen molar-refractivity contribution in [3.05, 3.63) is 0 Å². The molecule has 0 N–H and O–H groups in total. The van der Waals surface area contributed by atoms with Gasteiger partial charge in [-0.25, -0.2) is 0 Å². The zero-order chi connectivity index (χ0) is 8.39. The van der Waals surface area contributed by atoms with Gasteiger partial charge in [-0.3, -0.25) is 4.90 Å². The predicted octanol–water partition coefficient (Wildman–Crippen LogP) is 1.63. The van der Waals surface area contributed by atoms with Crippen LogP contribution in [0.4, 0.5) is 0 Å². The van der Waals surface area contributed by atoms with E-state index in [9.17, 15) is 0 Å². The Morgan fingerprint density at radius 1 is 1.42 bits per heavy atom. The lowest BCUT2D eigenvalue weighted by molar-refractivity contribution is -0.0529. The highest BCUT2D eigenvalue weighted by Crippen LogP contribution is 2.29. The summed E-state index contributed by atoms with van der Waals surface area (Å²) < 4.78 is 5.72. The third-order valence-electron chi connectivity index (χ3n) is 2.97. The van der Waals surface area contributed by atoms with Gasteiger partial charge in [0.15, 0.2) is 0 Å². The molecular formula is C9H16BrNO. The molecule has 0 bridgehead atoms. The molecule has 2 fully saturated rings. The van der Waals surface area contributed by atoms with Crippen molar-refractivity contribution in [1.82, 2.24) is 4.90 Å². The number of rotatable bonds is 2. The molecule has 2 unspecified atom stereocenters. The number of ether oxygens (including phenoxy) is 1. The van der Waals surface area contributed by atoms with Crippen LogP contribution in [0.15, 0.2) is 0 Å². The van der Waals surface area contributed by atoms with Crippen LogP contribution in [-0.2, 0) is 4.74 Å². The molecule has 2 atom stereocenters. The lowest BCUT2D eigenvalue weighted by Crippen LogP contribution is -2.49. The molecule has 2 aliphatic rings. The van der Waals surface area contributed by atoms with Gasteiger partial charge in [-0.05, 0) is 19.3 Å². The highest BCUT2D eigenvalue weighted by atomic mass is 79.9. The number of hydrogen-bond donors (Lipinski definition) is 0. The van der Waals surface area contributed by atoms with E-state index in [0.717, 1.165) is 24.5 Å². The maximum atomic E-state index is 5.72. The lowest BCUT2D eigenvalue weighted by atomic mass is 10.1. The van der Waals surface area contributed by atoms with Gasteiger partial charge in [0.1, 0.15) is 0 Å². The van der Waals surface area contributed by atoms with Crippen molar-refractivity contribution in [2.45, 2.75) is 31.4 Å². The van der Waals surface area contributed by atoms with E-state index in [-0.39, 0.29) is 0 Å². The van der Waals surface area contributed by atoms with Crippen LogP contribution in [0.25, 0.3) is 0 Å². The first-order valence-corrected chi connectivity index (χ1v) is 5.95. The second-order valence-corrected chi connectivity index (χ2v) is 4.43. The van der Waals surface area contributed by atoms with Crippen LogP contribution in [0.5, 0.6) is 0 Å². The Hall–Kier alpha value is 0.400. The van der Waals surface area contributed by atoms with Crippen LogP contribution in [-0.4, -0.2) is 42.1 Å². The van der Waals surface area contributed by atoms with Crippen LogP contribution in [0.1, 0.15) is 19.3 Å². The van der Waals surface area contributed by atoms with E-state index in [1.807, 2.05) is 0 Å². The van der Waals surface area contributed by atoms with Crippen molar-refractivity contribution < 1.29 is 4.74 Å². The van der Waals surface area contributed by atoms with E-state index in [4.69, 9.17) is 4.74 Å². The molecular weight excluding hydrogens is 218 g/mol. The molecule has 0 radical (unpaired) electrons. The molecule has 1 aliphatic heterocycles. The number of hydrogen-bond acceptors (Lipinski definition) is 2. The first-order valence-electron chi connectivity index (χ1n) is 4.83. The fourth-order valence-corrected chi connectivity index (χ4v) is 2.85. The molecule has 1 aliphatic carbocycles. The zero-order valence-corrected chi connectivity index (χ0v) is 8.92. The summed E-state index contributed by atoms with van der Waals surface area (Å²) in [5.41, 5.74) is 0. The van der Waals surface area contributed by atoms with Gasteiger partial charge in [-0.2, -0.15) is 0 Å². The van der Waals surface area contributed by atoms with Crippen LogP contribution in [0.2, 0.25) is 0 Å². The van der Waals surface area contributed by atoms with E-state index in [1.165, 1.54) is 25.8 Å². The Morgan fingerprint density at radius 3 is 3.17 bits per heavy atom. The maximum Gasteiger partial charge on any atom is 0.0730 e. The smallest absolute Gasteiger partial charge is 0.0730 e. The summed E-state index contributed by atoms with van der Waals surface area (Å²) in [5.74, 6) is 0. The Kier molecular flexibility index (Phi) is 3.05. The van der Waals surface area contributed by atoms with Gasteiger partial charge < -0.3 is 4.74 Å². The average molecular weight is 234 g/mol. The van der Waals surface area contributed by atoms with Gasteiger partial charge in [-0.15, -0.1) is 0 Å². The predicted molar refractivity (Wildman–Crippen MR) is 52.7 cm³/mol. The second kappa shape index (κ2) is 4.07. The zero-order valence-electron chi connectivity index (χ0n) is 7.34. The van der Waals surface area contributed by atoms with Crippen molar-refractivity contribution in [2.24, 2.45) is 0 Å². The van der Waals surface area contributed by atoms with E-state index < -0.39 is 0 Å². The van der Waals surface area contributed by atoms with Crippen molar-refractivity contribution in [1.29, 1.82) is 0 Å². The highest BCUT2D eigenvalue weighted by molar-refractivity contribution is 9.09. The average Bonchev–Trinajstić information content (AvgIpc) is 2.53. The number of alkyl halides is 1. The van der Waals surface area contributed by atoms with Crippen molar-refractivity contribution in [3.8, 4) is 0 Å². The first kappa shape index (κ1) is 8.97. The molecule has 1 saturated carbocycles. The van der Waals surface area contributed by atoms with Crippen LogP contribution in [0.3, 0.4) is 0 Å². The van der Waals surface area contributed by atoms with Gasteiger partial charge in [0.2, 0.25) is 0 Å². The summed E-state index contributed by atoms with van der Waals surface area (Å²) >= 11 is 3.50. The lowest BCUT2D eigenvalue weighted by Gasteiger charge is -2.37. The Balaban J connectivity index is 1.94. The van der Waals surface area contributed by atoms with E-state index in [1.54, 1.807) is 0 Å². The fraction of sp³-hybridized carbons (Fsp3) is 1.00. The minimum Gasteiger partial charge on any atom is -0.375 e. The number of morpholine rings is 1. The summed E-state index contributed by atoms with van der Waals surface area (Å²) in [5, 5.41) is 1.09. The molecule has 0 aromatic rings. The SMILES string of the molecule is BrCCN1CCOC2CCCC21.